The van der Waals surface area contributed by atoms with Gasteiger partial charge in [0.2, 0.25) is 0 Å². The van der Waals surface area contributed by atoms with E-state index in [2.05, 4.69) is 10.2 Å². The molecule has 2 bridgehead atoms. The Bertz CT molecular complexity index is 253. The minimum Gasteiger partial charge on any atom is -0.374 e. The molecule has 0 spiro atoms. The van der Waals surface area contributed by atoms with E-state index in [1.165, 1.54) is 12.8 Å². The quantitative estimate of drug-likeness (QED) is 0.594. The van der Waals surface area contributed by atoms with Crippen molar-refractivity contribution in [2.24, 2.45) is 11.8 Å². The molecular formula is C10H16N2OS. The number of rotatable bonds is 0. The third kappa shape index (κ3) is 1.10. The smallest absolute Gasteiger partial charge is 0.168 e. The summed E-state index contributed by atoms with van der Waals surface area (Å²) in [5.74, 6) is 1.50. The van der Waals surface area contributed by atoms with Crippen molar-refractivity contribution >= 4 is 17.3 Å². The standard InChI is InChI=1S/C10H16N2OS/c1-11-10(14)12-4-6-7(5-12)9-3-2-8(6)13-9/h6-9H,2-5H2,1H3,(H,11,14)/t6-,7-,8-,9+/m1/s1. The van der Waals surface area contributed by atoms with Crippen LogP contribution >= 0.6 is 12.2 Å². The van der Waals surface area contributed by atoms with E-state index < -0.39 is 0 Å². The molecule has 0 aromatic heterocycles. The largest absolute Gasteiger partial charge is 0.374 e. The topological polar surface area (TPSA) is 24.5 Å². The van der Waals surface area contributed by atoms with E-state index >= 15 is 0 Å². The highest BCUT2D eigenvalue weighted by atomic mass is 32.1. The molecule has 3 rings (SSSR count). The van der Waals surface area contributed by atoms with Crippen LogP contribution in [-0.4, -0.2) is 42.4 Å². The molecule has 3 aliphatic rings. The maximum absolute atomic E-state index is 5.91. The molecule has 3 heterocycles. The van der Waals surface area contributed by atoms with Crippen LogP contribution in [0.3, 0.4) is 0 Å². The van der Waals surface area contributed by atoms with Crippen molar-refractivity contribution in [2.75, 3.05) is 20.1 Å². The van der Waals surface area contributed by atoms with Crippen LogP contribution in [0.4, 0.5) is 0 Å². The van der Waals surface area contributed by atoms with Gasteiger partial charge in [0.05, 0.1) is 12.2 Å². The maximum atomic E-state index is 5.91. The number of hydrogen-bond donors (Lipinski definition) is 1. The van der Waals surface area contributed by atoms with Crippen LogP contribution in [0.25, 0.3) is 0 Å². The summed E-state index contributed by atoms with van der Waals surface area (Å²) in [5, 5.41) is 3.96. The Morgan fingerprint density at radius 1 is 1.29 bits per heavy atom. The first kappa shape index (κ1) is 8.92. The van der Waals surface area contributed by atoms with Crippen molar-refractivity contribution in [1.29, 1.82) is 0 Å². The molecular weight excluding hydrogens is 196 g/mol. The highest BCUT2D eigenvalue weighted by Gasteiger charge is 2.53. The van der Waals surface area contributed by atoms with Gasteiger partial charge in [-0.25, -0.2) is 0 Å². The van der Waals surface area contributed by atoms with E-state index in [0.29, 0.717) is 12.2 Å². The normalized spacial score (nSPS) is 44.2. The van der Waals surface area contributed by atoms with Crippen LogP contribution in [0.1, 0.15) is 12.8 Å². The maximum Gasteiger partial charge on any atom is 0.168 e. The number of ether oxygens (including phenoxy) is 1. The van der Waals surface area contributed by atoms with E-state index in [9.17, 15) is 0 Å². The van der Waals surface area contributed by atoms with Crippen LogP contribution in [0.5, 0.6) is 0 Å². The van der Waals surface area contributed by atoms with Gasteiger partial charge in [-0.15, -0.1) is 0 Å². The molecule has 3 aliphatic heterocycles. The highest BCUT2D eigenvalue weighted by Crippen LogP contribution is 2.47. The fourth-order valence-electron chi connectivity index (χ4n) is 3.28. The van der Waals surface area contributed by atoms with Gasteiger partial charge in [-0.3, -0.25) is 0 Å². The summed E-state index contributed by atoms with van der Waals surface area (Å²) in [6.07, 6.45) is 3.61. The van der Waals surface area contributed by atoms with Gasteiger partial charge in [0.15, 0.2) is 5.11 Å². The number of thiocarbonyl (C=S) groups is 1. The third-order valence-electron chi connectivity index (χ3n) is 3.95. The van der Waals surface area contributed by atoms with Gasteiger partial charge in [0, 0.05) is 32.0 Å². The molecule has 0 aliphatic carbocycles. The van der Waals surface area contributed by atoms with Gasteiger partial charge in [-0.1, -0.05) is 0 Å². The van der Waals surface area contributed by atoms with E-state index in [-0.39, 0.29) is 0 Å². The lowest BCUT2D eigenvalue weighted by molar-refractivity contribution is 0.0769. The molecule has 14 heavy (non-hydrogen) atoms. The van der Waals surface area contributed by atoms with Gasteiger partial charge in [0.25, 0.3) is 0 Å². The molecule has 0 aromatic rings. The Hall–Kier alpha value is -0.350. The first-order valence-electron chi connectivity index (χ1n) is 5.41. The molecule has 0 unspecified atom stereocenters. The van der Waals surface area contributed by atoms with Crippen molar-refractivity contribution in [3.05, 3.63) is 0 Å². The molecule has 4 atom stereocenters. The predicted octanol–water partition coefficient (Wildman–Crippen LogP) is 0.600. The van der Waals surface area contributed by atoms with Gasteiger partial charge in [-0.2, -0.15) is 0 Å². The zero-order valence-electron chi connectivity index (χ0n) is 8.40. The Morgan fingerprint density at radius 3 is 2.36 bits per heavy atom. The van der Waals surface area contributed by atoms with E-state index in [4.69, 9.17) is 17.0 Å². The second kappa shape index (κ2) is 3.07. The fourth-order valence-corrected chi connectivity index (χ4v) is 3.43. The average molecular weight is 212 g/mol. The monoisotopic (exact) mass is 212 g/mol. The second-order valence-corrected chi connectivity index (χ2v) is 4.96. The van der Waals surface area contributed by atoms with Gasteiger partial charge < -0.3 is 15.0 Å². The van der Waals surface area contributed by atoms with Gasteiger partial charge in [0.1, 0.15) is 0 Å². The van der Waals surface area contributed by atoms with Crippen molar-refractivity contribution in [1.82, 2.24) is 10.2 Å². The molecule has 0 radical (unpaired) electrons. The molecule has 0 aromatic carbocycles. The van der Waals surface area contributed by atoms with E-state index in [0.717, 1.165) is 30.0 Å². The van der Waals surface area contributed by atoms with Crippen LogP contribution in [0.15, 0.2) is 0 Å². The average Bonchev–Trinajstić information content (AvgIpc) is 2.87. The Morgan fingerprint density at radius 2 is 1.86 bits per heavy atom. The summed E-state index contributed by atoms with van der Waals surface area (Å²) < 4.78 is 5.91. The molecule has 0 amide bonds. The molecule has 4 heteroatoms. The zero-order chi connectivity index (χ0) is 9.71. The predicted molar refractivity (Wildman–Crippen MR) is 58.1 cm³/mol. The number of nitrogens with zero attached hydrogens (tertiary/aromatic N) is 1. The first-order valence-corrected chi connectivity index (χ1v) is 5.82. The van der Waals surface area contributed by atoms with Crippen LogP contribution < -0.4 is 5.32 Å². The molecule has 78 valence electrons. The number of hydrogen-bond acceptors (Lipinski definition) is 2. The zero-order valence-corrected chi connectivity index (χ0v) is 9.22. The molecule has 0 saturated carbocycles. The van der Waals surface area contributed by atoms with Crippen LogP contribution in [0, 0.1) is 11.8 Å². The number of likely N-dealkylation sites (tertiary alicyclic amines) is 1. The summed E-state index contributed by atoms with van der Waals surface area (Å²) in [5.41, 5.74) is 0. The molecule has 1 N–H and O–H groups in total. The Balaban J connectivity index is 1.73. The van der Waals surface area contributed by atoms with Crippen molar-refractivity contribution < 1.29 is 4.74 Å². The Kier molecular flexibility index (Phi) is 1.96. The van der Waals surface area contributed by atoms with Gasteiger partial charge in [-0.05, 0) is 25.1 Å². The SMILES string of the molecule is CNC(=S)N1C[C@@H]2[C@@H](C1)[C@H]1CC[C@@H]2O1. The number of nitrogens with one attached hydrogen (secondary N) is 1. The van der Waals surface area contributed by atoms with E-state index in [1.54, 1.807) is 0 Å². The minimum atomic E-state index is 0.537. The van der Waals surface area contributed by atoms with Gasteiger partial charge >= 0.3 is 0 Å². The molecule has 3 saturated heterocycles. The van der Waals surface area contributed by atoms with E-state index in [1.807, 2.05) is 7.05 Å². The lowest BCUT2D eigenvalue weighted by Crippen LogP contribution is -2.37. The van der Waals surface area contributed by atoms with Crippen molar-refractivity contribution in [3.8, 4) is 0 Å². The third-order valence-corrected chi connectivity index (χ3v) is 4.42. The Labute approximate surface area is 89.8 Å². The summed E-state index contributed by atoms with van der Waals surface area (Å²) in [4.78, 5) is 2.30. The summed E-state index contributed by atoms with van der Waals surface area (Å²) in [7, 11) is 1.90. The minimum absolute atomic E-state index is 0.537. The molecule has 3 fully saturated rings. The molecule has 3 nitrogen and oxygen atoms in total. The van der Waals surface area contributed by atoms with Crippen LogP contribution in [-0.2, 0) is 4.74 Å². The van der Waals surface area contributed by atoms with Crippen molar-refractivity contribution in [2.45, 2.75) is 25.0 Å². The van der Waals surface area contributed by atoms with Crippen LogP contribution in [0.2, 0.25) is 0 Å². The van der Waals surface area contributed by atoms with Crippen molar-refractivity contribution in [3.63, 3.8) is 0 Å². The fraction of sp³-hybridized carbons (Fsp3) is 0.900. The lowest BCUT2D eigenvalue weighted by Gasteiger charge is -2.20. The highest BCUT2D eigenvalue weighted by molar-refractivity contribution is 7.80. The lowest BCUT2D eigenvalue weighted by atomic mass is 9.82. The number of fused-ring (bicyclic) bond motifs is 5. The summed E-state index contributed by atoms with van der Waals surface area (Å²) in [6, 6.07) is 0. The first-order chi connectivity index (χ1) is 6.79. The summed E-state index contributed by atoms with van der Waals surface area (Å²) >= 11 is 5.26. The summed E-state index contributed by atoms with van der Waals surface area (Å²) in [6.45, 7) is 2.21. The second-order valence-electron chi connectivity index (χ2n) is 4.58.